The van der Waals surface area contributed by atoms with E-state index < -0.39 is 0 Å². The summed E-state index contributed by atoms with van der Waals surface area (Å²) >= 11 is 0. The molecule has 0 heterocycles. The van der Waals surface area contributed by atoms with E-state index in [1.807, 2.05) is 0 Å². The molecule has 0 unspecified atom stereocenters. The molecule has 2 rings (SSSR count). The SMILES string of the molecule is Cc1ccc(C(C)(C)CNCC2(N)CC2)cc1C. The van der Waals surface area contributed by atoms with Gasteiger partial charge in [0.25, 0.3) is 0 Å². The van der Waals surface area contributed by atoms with Crippen molar-refractivity contribution in [2.24, 2.45) is 5.73 Å². The topological polar surface area (TPSA) is 38.0 Å². The van der Waals surface area contributed by atoms with Crippen LogP contribution in [0.3, 0.4) is 0 Å². The Bertz CT molecular complexity index is 431. The third-order valence-corrected chi connectivity index (χ3v) is 4.22. The van der Waals surface area contributed by atoms with Gasteiger partial charge in [0.1, 0.15) is 0 Å². The Morgan fingerprint density at radius 3 is 2.44 bits per heavy atom. The van der Waals surface area contributed by atoms with Crippen LogP contribution in [0.15, 0.2) is 18.2 Å². The molecule has 0 atom stereocenters. The highest BCUT2D eigenvalue weighted by atomic mass is 15.0. The molecule has 0 spiro atoms. The molecular weight excluding hydrogens is 220 g/mol. The van der Waals surface area contributed by atoms with Crippen LogP contribution >= 0.6 is 0 Å². The van der Waals surface area contributed by atoms with Crippen molar-refractivity contribution in [3.8, 4) is 0 Å². The van der Waals surface area contributed by atoms with Gasteiger partial charge in [-0.15, -0.1) is 0 Å². The number of benzene rings is 1. The molecule has 0 aromatic heterocycles. The lowest BCUT2D eigenvalue weighted by atomic mass is 9.83. The zero-order chi connectivity index (χ0) is 13.4. The van der Waals surface area contributed by atoms with Crippen LogP contribution < -0.4 is 11.1 Å². The molecule has 2 nitrogen and oxygen atoms in total. The summed E-state index contributed by atoms with van der Waals surface area (Å²) in [6, 6.07) is 6.78. The summed E-state index contributed by atoms with van der Waals surface area (Å²) in [5, 5.41) is 3.54. The van der Waals surface area contributed by atoms with Gasteiger partial charge in [0, 0.05) is 24.0 Å². The predicted octanol–water partition coefficient (Wildman–Crippen LogP) is 2.66. The average Bonchev–Trinajstić information content (AvgIpc) is 3.00. The van der Waals surface area contributed by atoms with E-state index in [0.717, 1.165) is 13.1 Å². The molecule has 18 heavy (non-hydrogen) atoms. The van der Waals surface area contributed by atoms with Crippen molar-refractivity contribution < 1.29 is 0 Å². The van der Waals surface area contributed by atoms with Crippen molar-refractivity contribution in [3.05, 3.63) is 34.9 Å². The quantitative estimate of drug-likeness (QED) is 0.838. The Hall–Kier alpha value is -0.860. The maximum Gasteiger partial charge on any atom is 0.0282 e. The Balaban J connectivity index is 1.97. The molecule has 100 valence electrons. The van der Waals surface area contributed by atoms with Crippen LogP contribution in [0, 0.1) is 13.8 Å². The first-order chi connectivity index (χ1) is 8.32. The molecule has 0 bridgehead atoms. The fraction of sp³-hybridized carbons (Fsp3) is 0.625. The Labute approximate surface area is 111 Å². The smallest absolute Gasteiger partial charge is 0.0282 e. The number of nitrogens with one attached hydrogen (secondary N) is 1. The van der Waals surface area contributed by atoms with E-state index in [-0.39, 0.29) is 11.0 Å². The van der Waals surface area contributed by atoms with E-state index in [0.29, 0.717) is 0 Å². The van der Waals surface area contributed by atoms with Gasteiger partial charge in [0.15, 0.2) is 0 Å². The first-order valence-electron chi connectivity index (χ1n) is 6.90. The number of aryl methyl sites for hydroxylation is 2. The predicted molar refractivity (Wildman–Crippen MR) is 78.0 cm³/mol. The van der Waals surface area contributed by atoms with E-state index in [1.165, 1.54) is 29.5 Å². The standard InChI is InChI=1S/C16H26N2/c1-12-5-6-14(9-13(12)2)15(3,4)10-18-11-16(17)7-8-16/h5-6,9,18H,7-8,10-11,17H2,1-4H3. The van der Waals surface area contributed by atoms with E-state index in [1.54, 1.807) is 0 Å². The molecule has 0 amide bonds. The summed E-state index contributed by atoms with van der Waals surface area (Å²) in [6.45, 7) is 10.9. The average molecular weight is 246 g/mol. The molecule has 0 aliphatic heterocycles. The van der Waals surface area contributed by atoms with Crippen molar-refractivity contribution in [1.29, 1.82) is 0 Å². The fourth-order valence-electron chi connectivity index (χ4n) is 2.23. The summed E-state index contributed by atoms with van der Waals surface area (Å²) < 4.78 is 0. The monoisotopic (exact) mass is 246 g/mol. The highest BCUT2D eigenvalue weighted by molar-refractivity contribution is 5.34. The van der Waals surface area contributed by atoms with Gasteiger partial charge in [-0.05, 0) is 43.4 Å². The van der Waals surface area contributed by atoms with E-state index in [9.17, 15) is 0 Å². The zero-order valence-electron chi connectivity index (χ0n) is 12.1. The van der Waals surface area contributed by atoms with Gasteiger partial charge >= 0.3 is 0 Å². The third-order valence-electron chi connectivity index (χ3n) is 4.22. The minimum absolute atomic E-state index is 0.0965. The summed E-state index contributed by atoms with van der Waals surface area (Å²) in [4.78, 5) is 0. The van der Waals surface area contributed by atoms with Crippen molar-refractivity contribution in [3.63, 3.8) is 0 Å². The van der Waals surface area contributed by atoms with E-state index in [2.05, 4.69) is 51.2 Å². The number of hydrogen-bond donors (Lipinski definition) is 2. The first kappa shape index (κ1) is 13.6. The van der Waals surface area contributed by atoms with Crippen LogP contribution in [-0.4, -0.2) is 18.6 Å². The summed E-state index contributed by atoms with van der Waals surface area (Å²) in [7, 11) is 0. The van der Waals surface area contributed by atoms with Crippen molar-refractivity contribution in [1.82, 2.24) is 5.32 Å². The Kier molecular flexibility index (Phi) is 3.52. The first-order valence-corrected chi connectivity index (χ1v) is 6.90. The Morgan fingerprint density at radius 1 is 1.22 bits per heavy atom. The molecule has 3 N–H and O–H groups in total. The van der Waals surface area contributed by atoms with Crippen LogP contribution in [0.25, 0.3) is 0 Å². The second kappa shape index (κ2) is 4.67. The van der Waals surface area contributed by atoms with Gasteiger partial charge in [0.2, 0.25) is 0 Å². The molecule has 1 aliphatic rings. The normalized spacial score (nSPS) is 17.8. The van der Waals surface area contributed by atoms with Crippen LogP contribution in [0.1, 0.15) is 43.4 Å². The van der Waals surface area contributed by atoms with Crippen molar-refractivity contribution >= 4 is 0 Å². The maximum atomic E-state index is 6.10. The fourth-order valence-corrected chi connectivity index (χ4v) is 2.23. The van der Waals surface area contributed by atoms with E-state index in [4.69, 9.17) is 5.73 Å². The highest BCUT2D eigenvalue weighted by Gasteiger charge is 2.37. The van der Waals surface area contributed by atoms with Crippen molar-refractivity contribution in [2.75, 3.05) is 13.1 Å². The summed E-state index contributed by atoms with van der Waals surface area (Å²) in [6.07, 6.45) is 2.34. The van der Waals surface area contributed by atoms with Gasteiger partial charge in [-0.25, -0.2) is 0 Å². The zero-order valence-corrected chi connectivity index (χ0v) is 12.1. The molecule has 1 saturated carbocycles. The highest BCUT2D eigenvalue weighted by Crippen LogP contribution is 2.31. The van der Waals surface area contributed by atoms with Crippen LogP contribution in [0.4, 0.5) is 0 Å². The minimum Gasteiger partial charge on any atom is -0.324 e. The Morgan fingerprint density at radius 2 is 1.89 bits per heavy atom. The third kappa shape index (κ3) is 3.12. The minimum atomic E-state index is 0.0965. The molecule has 0 saturated heterocycles. The van der Waals surface area contributed by atoms with Crippen LogP contribution in [0.2, 0.25) is 0 Å². The molecule has 2 heteroatoms. The van der Waals surface area contributed by atoms with Crippen molar-refractivity contribution in [2.45, 2.75) is 51.5 Å². The molecule has 1 aromatic carbocycles. The number of nitrogens with two attached hydrogens (primary N) is 1. The number of hydrogen-bond acceptors (Lipinski definition) is 2. The van der Waals surface area contributed by atoms with Gasteiger partial charge in [-0.3, -0.25) is 0 Å². The number of rotatable bonds is 5. The van der Waals surface area contributed by atoms with Gasteiger partial charge in [-0.2, -0.15) is 0 Å². The maximum absolute atomic E-state index is 6.10. The molecule has 1 aliphatic carbocycles. The summed E-state index contributed by atoms with van der Waals surface area (Å²) in [5.74, 6) is 0. The van der Waals surface area contributed by atoms with Gasteiger partial charge in [-0.1, -0.05) is 32.0 Å². The molecule has 0 radical (unpaired) electrons. The molecule has 1 fully saturated rings. The lowest BCUT2D eigenvalue weighted by molar-refractivity contribution is 0.448. The van der Waals surface area contributed by atoms with E-state index >= 15 is 0 Å². The molecular formula is C16H26N2. The lowest BCUT2D eigenvalue weighted by Gasteiger charge is -2.27. The largest absolute Gasteiger partial charge is 0.324 e. The van der Waals surface area contributed by atoms with Gasteiger partial charge in [0.05, 0.1) is 0 Å². The second-order valence-electron chi connectivity index (χ2n) is 6.65. The van der Waals surface area contributed by atoms with Gasteiger partial charge < -0.3 is 11.1 Å². The molecule has 1 aromatic rings. The summed E-state index contributed by atoms with van der Waals surface area (Å²) in [5.41, 5.74) is 10.5. The van der Waals surface area contributed by atoms with Crippen LogP contribution in [0.5, 0.6) is 0 Å². The second-order valence-corrected chi connectivity index (χ2v) is 6.65. The van der Waals surface area contributed by atoms with Crippen LogP contribution in [-0.2, 0) is 5.41 Å². The lowest BCUT2D eigenvalue weighted by Crippen LogP contribution is -2.41.